The van der Waals surface area contributed by atoms with E-state index in [1.165, 1.54) is 6.07 Å². The second kappa shape index (κ2) is 4.39. The Balaban J connectivity index is 1.84. The van der Waals surface area contributed by atoms with E-state index in [2.05, 4.69) is 0 Å². The highest BCUT2D eigenvalue weighted by molar-refractivity contribution is 5.96. The van der Waals surface area contributed by atoms with Gasteiger partial charge in [-0.3, -0.25) is 0 Å². The van der Waals surface area contributed by atoms with Crippen LogP contribution in [0.25, 0.3) is 33.3 Å². The number of rotatable bonds is 1. The van der Waals surface area contributed by atoms with Crippen LogP contribution in [-0.2, 0) is 0 Å². The summed E-state index contributed by atoms with van der Waals surface area (Å²) >= 11 is 0. The molecule has 0 saturated heterocycles. The minimum Gasteiger partial charge on any atom is -0.456 e. The Labute approximate surface area is 129 Å². The van der Waals surface area contributed by atoms with Crippen LogP contribution in [0.3, 0.4) is 0 Å². The Morgan fingerprint density at radius 2 is 1.65 bits per heavy atom. The third-order valence-corrected chi connectivity index (χ3v) is 3.93. The maximum atomic E-state index is 11.9. The van der Waals surface area contributed by atoms with E-state index < -0.39 is 5.63 Å². The molecule has 1 aliphatic heterocycles. The van der Waals surface area contributed by atoms with E-state index in [0.29, 0.717) is 28.4 Å². The standard InChI is InChI=1S/C18H10O5/c19-18-7-12(14-5-10-3-1-2-4-13(10)22-14)11-6-16-17(21-9-20-16)8-15(11)23-18/h1-8H,9H2. The number of ether oxygens (including phenoxy) is 2. The van der Waals surface area contributed by atoms with Crippen LogP contribution in [0.5, 0.6) is 11.5 Å². The van der Waals surface area contributed by atoms with Crippen molar-refractivity contribution >= 4 is 21.9 Å². The van der Waals surface area contributed by atoms with Gasteiger partial charge in [-0.05, 0) is 18.2 Å². The predicted octanol–water partition coefficient (Wildman–Crippen LogP) is 3.93. The number of hydrogen-bond acceptors (Lipinski definition) is 5. The van der Waals surface area contributed by atoms with Crippen molar-refractivity contribution in [2.75, 3.05) is 6.79 Å². The van der Waals surface area contributed by atoms with Gasteiger partial charge in [0, 0.05) is 28.5 Å². The number of fused-ring (bicyclic) bond motifs is 3. The van der Waals surface area contributed by atoms with Crippen molar-refractivity contribution in [1.29, 1.82) is 0 Å². The first-order valence-electron chi connectivity index (χ1n) is 7.14. The van der Waals surface area contributed by atoms with E-state index in [9.17, 15) is 4.79 Å². The van der Waals surface area contributed by atoms with Crippen molar-refractivity contribution in [2.45, 2.75) is 0 Å². The maximum absolute atomic E-state index is 11.9. The van der Waals surface area contributed by atoms with Crippen LogP contribution in [0.4, 0.5) is 0 Å². The molecule has 0 aliphatic carbocycles. The molecule has 0 radical (unpaired) electrons. The lowest BCUT2D eigenvalue weighted by Gasteiger charge is -2.04. The van der Waals surface area contributed by atoms with Crippen molar-refractivity contribution in [3.63, 3.8) is 0 Å². The van der Waals surface area contributed by atoms with Gasteiger partial charge >= 0.3 is 5.63 Å². The topological polar surface area (TPSA) is 61.8 Å². The Kier molecular flexibility index (Phi) is 2.36. The van der Waals surface area contributed by atoms with Crippen molar-refractivity contribution in [1.82, 2.24) is 0 Å². The van der Waals surface area contributed by atoms with Gasteiger partial charge in [-0.2, -0.15) is 0 Å². The fraction of sp³-hybridized carbons (Fsp3) is 0.0556. The molecule has 5 rings (SSSR count). The van der Waals surface area contributed by atoms with Gasteiger partial charge in [0.2, 0.25) is 6.79 Å². The van der Waals surface area contributed by atoms with Gasteiger partial charge in [0.15, 0.2) is 11.5 Å². The molecule has 23 heavy (non-hydrogen) atoms. The highest BCUT2D eigenvalue weighted by Crippen LogP contribution is 2.39. The average Bonchev–Trinajstić information content (AvgIpc) is 3.17. The molecule has 112 valence electrons. The summed E-state index contributed by atoms with van der Waals surface area (Å²) in [5, 5.41) is 1.72. The molecule has 0 bridgehead atoms. The van der Waals surface area contributed by atoms with Crippen molar-refractivity contribution in [3.8, 4) is 22.8 Å². The lowest BCUT2D eigenvalue weighted by molar-refractivity contribution is 0.174. The summed E-state index contributed by atoms with van der Waals surface area (Å²) in [5.41, 5.74) is 1.44. The lowest BCUT2D eigenvalue weighted by atomic mass is 10.1. The number of hydrogen-bond donors (Lipinski definition) is 0. The molecule has 0 atom stereocenters. The third kappa shape index (κ3) is 1.83. The molecule has 2 aromatic heterocycles. The zero-order valence-electron chi connectivity index (χ0n) is 11.9. The Morgan fingerprint density at radius 1 is 0.826 bits per heavy atom. The number of para-hydroxylation sites is 1. The first-order valence-corrected chi connectivity index (χ1v) is 7.14. The molecule has 5 nitrogen and oxygen atoms in total. The number of furan rings is 1. The summed E-state index contributed by atoms with van der Waals surface area (Å²) in [7, 11) is 0. The summed E-state index contributed by atoms with van der Waals surface area (Å²) in [6.07, 6.45) is 0. The largest absolute Gasteiger partial charge is 0.456 e. The van der Waals surface area contributed by atoms with Gasteiger partial charge < -0.3 is 18.3 Å². The van der Waals surface area contributed by atoms with E-state index in [1.807, 2.05) is 36.4 Å². The molecule has 1 aliphatic rings. The molecule has 0 unspecified atom stereocenters. The van der Waals surface area contributed by atoms with Crippen LogP contribution in [-0.4, -0.2) is 6.79 Å². The monoisotopic (exact) mass is 306 g/mol. The van der Waals surface area contributed by atoms with Crippen LogP contribution in [0.1, 0.15) is 0 Å². The molecule has 0 saturated carbocycles. The van der Waals surface area contributed by atoms with Gasteiger partial charge in [-0.25, -0.2) is 4.79 Å². The molecule has 5 heteroatoms. The molecule has 0 spiro atoms. The van der Waals surface area contributed by atoms with Gasteiger partial charge in [-0.15, -0.1) is 0 Å². The summed E-state index contributed by atoms with van der Waals surface area (Å²) in [4.78, 5) is 11.9. The fourth-order valence-electron chi connectivity index (χ4n) is 2.87. The predicted molar refractivity (Wildman–Crippen MR) is 83.8 cm³/mol. The molecule has 0 fully saturated rings. The van der Waals surface area contributed by atoms with E-state index in [-0.39, 0.29) is 6.79 Å². The van der Waals surface area contributed by atoms with Crippen molar-refractivity contribution in [3.05, 3.63) is 59.0 Å². The van der Waals surface area contributed by atoms with Crippen LogP contribution >= 0.6 is 0 Å². The van der Waals surface area contributed by atoms with E-state index >= 15 is 0 Å². The molecular formula is C18H10O5. The van der Waals surface area contributed by atoms with Crippen LogP contribution in [0.2, 0.25) is 0 Å². The molecule has 2 aromatic carbocycles. The first kappa shape index (κ1) is 12.3. The second-order valence-corrected chi connectivity index (χ2v) is 5.33. The number of benzene rings is 2. The van der Waals surface area contributed by atoms with Gasteiger partial charge in [0.1, 0.15) is 16.9 Å². The highest BCUT2D eigenvalue weighted by Gasteiger charge is 2.19. The highest BCUT2D eigenvalue weighted by atomic mass is 16.7. The normalized spacial score (nSPS) is 13.0. The van der Waals surface area contributed by atoms with Crippen LogP contribution in [0, 0.1) is 0 Å². The molecule has 4 aromatic rings. The average molecular weight is 306 g/mol. The Morgan fingerprint density at radius 3 is 2.52 bits per heavy atom. The molecule has 3 heterocycles. The Bertz CT molecular complexity index is 1090. The molecular weight excluding hydrogens is 296 g/mol. The fourth-order valence-corrected chi connectivity index (χ4v) is 2.87. The maximum Gasteiger partial charge on any atom is 0.336 e. The van der Waals surface area contributed by atoms with E-state index in [0.717, 1.165) is 16.4 Å². The van der Waals surface area contributed by atoms with Crippen LogP contribution < -0.4 is 15.1 Å². The quantitative estimate of drug-likeness (QED) is 0.498. The molecule has 0 N–H and O–H groups in total. The lowest BCUT2D eigenvalue weighted by Crippen LogP contribution is -1.97. The summed E-state index contributed by atoms with van der Waals surface area (Å²) in [6.45, 7) is 0.163. The SMILES string of the molecule is O=c1cc(-c2cc3ccccc3o2)c2cc3c(cc2o1)OCO3. The van der Waals surface area contributed by atoms with Gasteiger partial charge in [0.05, 0.1) is 0 Å². The van der Waals surface area contributed by atoms with Gasteiger partial charge in [0.25, 0.3) is 0 Å². The Hall–Kier alpha value is -3.21. The van der Waals surface area contributed by atoms with Crippen molar-refractivity contribution < 1.29 is 18.3 Å². The molecule has 0 amide bonds. The summed E-state index contributed by atoms with van der Waals surface area (Å²) in [6, 6.07) is 14.5. The second-order valence-electron chi connectivity index (χ2n) is 5.33. The summed E-state index contributed by atoms with van der Waals surface area (Å²) in [5.74, 6) is 1.81. The first-order chi connectivity index (χ1) is 11.3. The van der Waals surface area contributed by atoms with Crippen molar-refractivity contribution in [2.24, 2.45) is 0 Å². The van der Waals surface area contributed by atoms with E-state index in [1.54, 1.807) is 6.07 Å². The smallest absolute Gasteiger partial charge is 0.336 e. The zero-order chi connectivity index (χ0) is 15.4. The minimum absolute atomic E-state index is 0.163. The summed E-state index contributed by atoms with van der Waals surface area (Å²) < 4.78 is 21.9. The van der Waals surface area contributed by atoms with Gasteiger partial charge in [-0.1, -0.05) is 18.2 Å². The zero-order valence-corrected chi connectivity index (χ0v) is 11.9. The minimum atomic E-state index is -0.438. The van der Waals surface area contributed by atoms with Crippen LogP contribution in [0.15, 0.2) is 62.2 Å². The third-order valence-electron chi connectivity index (χ3n) is 3.93. The van der Waals surface area contributed by atoms with E-state index in [4.69, 9.17) is 18.3 Å².